The first-order valence-corrected chi connectivity index (χ1v) is 5.95. The summed E-state index contributed by atoms with van der Waals surface area (Å²) in [6.45, 7) is 2.99. The molecule has 1 fully saturated rings. The van der Waals surface area contributed by atoms with Crippen molar-refractivity contribution in [3.63, 3.8) is 0 Å². The lowest BCUT2D eigenvalue weighted by Gasteiger charge is -2.34. The van der Waals surface area contributed by atoms with E-state index in [-0.39, 0.29) is 17.7 Å². The number of benzene rings is 1. The maximum Gasteiger partial charge on any atom is 0.239 e. The second-order valence-electron chi connectivity index (χ2n) is 4.48. The van der Waals surface area contributed by atoms with Gasteiger partial charge in [0.2, 0.25) is 5.91 Å². The average molecular weight is 247 g/mol. The second kappa shape index (κ2) is 5.18. The summed E-state index contributed by atoms with van der Waals surface area (Å²) in [4.78, 5) is 24.7. The van der Waals surface area contributed by atoms with Gasteiger partial charge < -0.3 is 16.0 Å². The van der Waals surface area contributed by atoms with Crippen molar-refractivity contribution in [2.24, 2.45) is 5.73 Å². The Bertz CT molecular complexity index is 456. The molecule has 1 unspecified atom stereocenters. The van der Waals surface area contributed by atoms with Gasteiger partial charge in [0.1, 0.15) is 0 Å². The van der Waals surface area contributed by atoms with E-state index in [1.807, 2.05) is 17.0 Å². The summed E-state index contributed by atoms with van der Waals surface area (Å²) in [5.74, 6) is 0.0186. The van der Waals surface area contributed by atoms with Gasteiger partial charge in [0.15, 0.2) is 5.78 Å². The number of ketones is 1. The zero-order chi connectivity index (χ0) is 13.1. The van der Waals surface area contributed by atoms with Crippen LogP contribution in [0.25, 0.3) is 0 Å². The highest BCUT2D eigenvalue weighted by atomic mass is 16.2. The van der Waals surface area contributed by atoms with Gasteiger partial charge >= 0.3 is 0 Å². The maximum atomic E-state index is 11.5. The molecule has 1 aliphatic heterocycles. The Labute approximate surface area is 106 Å². The smallest absolute Gasteiger partial charge is 0.239 e. The van der Waals surface area contributed by atoms with E-state index in [9.17, 15) is 9.59 Å². The molecule has 5 nitrogen and oxygen atoms in total. The number of nitrogens with zero attached hydrogens (tertiary/aromatic N) is 1. The normalized spacial score (nSPS) is 19.6. The molecule has 5 heteroatoms. The minimum absolute atomic E-state index is 0.0151. The van der Waals surface area contributed by atoms with Crippen LogP contribution in [-0.4, -0.2) is 37.4 Å². The molecule has 0 aromatic heterocycles. The third kappa shape index (κ3) is 2.68. The highest BCUT2D eigenvalue weighted by Gasteiger charge is 2.23. The molecule has 2 rings (SSSR count). The number of carbonyl (C=O) groups excluding carboxylic acids is 2. The minimum atomic E-state index is -0.0210. The van der Waals surface area contributed by atoms with Gasteiger partial charge in [0.25, 0.3) is 0 Å². The molecule has 3 N–H and O–H groups in total. The fourth-order valence-electron chi connectivity index (χ4n) is 2.06. The van der Waals surface area contributed by atoms with Gasteiger partial charge in [-0.25, -0.2) is 0 Å². The van der Waals surface area contributed by atoms with Crippen LogP contribution in [0, 0.1) is 0 Å². The first kappa shape index (κ1) is 12.6. The summed E-state index contributed by atoms with van der Waals surface area (Å²) in [5.41, 5.74) is 7.20. The van der Waals surface area contributed by atoms with Crippen molar-refractivity contribution < 1.29 is 9.59 Å². The molecule has 1 atom stereocenters. The molecule has 0 spiro atoms. The molecule has 0 bridgehead atoms. The van der Waals surface area contributed by atoms with Crippen molar-refractivity contribution in [2.75, 3.05) is 24.5 Å². The molecule has 0 saturated carbocycles. The first-order chi connectivity index (χ1) is 8.60. The number of Topliss-reactive ketones (excluding diaryl/α,β-unsaturated/α-hetero) is 1. The van der Waals surface area contributed by atoms with E-state index in [2.05, 4.69) is 5.32 Å². The van der Waals surface area contributed by atoms with Gasteiger partial charge in [-0.3, -0.25) is 9.59 Å². The number of nitrogens with one attached hydrogen (secondary N) is 1. The van der Waals surface area contributed by atoms with E-state index in [0.29, 0.717) is 25.2 Å². The molecular weight excluding hydrogens is 230 g/mol. The Hall–Kier alpha value is -1.88. The largest absolute Gasteiger partial charge is 0.360 e. The molecular formula is C13H17N3O2. The highest BCUT2D eigenvalue weighted by molar-refractivity contribution is 5.94. The lowest BCUT2D eigenvalue weighted by molar-refractivity contribution is -0.121. The van der Waals surface area contributed by atoms with Crippen LogP contribution < -0.4 is 16.0 Å². The summed E-state index contributed by atoms with van der Waals surface area (Å²) in [5, 5.41) is 2.84. The SMILES string of the molecule is CC(=O)c1ccc(N2CC(=O)NC(CN)C2)cc1. The maximum absolute atomic E-state index is 11.5. The predicted molar refractivity (Wildman–Crippen MR) is 69.6 cm³/mol. The number of hydrogen-bond acceptors (Lipinski definition) is 4. The number of anilines is 1. The van der Waals surface area contributed by atoms with Gasteiger partial charge in [0.05, 0.1) is 12.6 Å². The monoisotopic (exact) mass is 247 g/mol. The fraction of sp³-hybridized carbons (Fsp3) is 0.385. The van der Waals surface area contributed by atoms with Gasteiger partial charge in [-0.05, 0) is 31.2 Å². The number of amides is 1. The lowest BCUT2D eigenvalue weighted by Crippen LogP contribution is -2.56. The van der Waals surface area contributed by atoms with Gasteiger partial charge in [-0.15, -0.1) is 0 Å². The van der Waals surface area contributed by atoms with Crippen molar-refractivity contribution in [1.29, 1.82) is 0 Å². The number of nitrogens with two attached hydrogens (primary N) is 1. The molecule has 1 amide bonds. The zero-order valence-electron chi connectivity index (χ0n) is 10.3. The molecule has 1 aromatic carbocycles. The number of hydrogen-bond donors (Lipinski definition) is 2. The van der Waals surface area contributed by atoms with Crippen LogP contribution in [-0.2, 0) is 4.79 Å². The predicted octanol–water partition coefficient (Wildman–Crippen LogP) is 0.153. The third-order valence-corrected chi connectivity index (χ3v) is 3.06. The highest BCUT2D eigenvalue weighted by Crippen LogP contribution is 2.17. The van der Waals surface area contributed by atoms with Gasteiger partial charge in [-0.2, -0.15) is 0 Å². The van der Waals surface area contributed by atoms with Crippen molar-refractivity contribution >= 4 is 17.4 Å². The molecule has 1 aromatic rings. The Morgan fingerprint density at radius 1 is 1.44 bits per heavy atom. The zero-order valence-corrected chi connectivity index (χ0v) is 10.3. The quantitative estimate of drug-likeness (QED) is 0.746. The molecule has 1 saturated heterocycles. The Morgan fingerprint density at radius 2 is 2.11 bits per heavy atom. The summed E-state index contributed by atoms with van der Waals surface area (Å²) < 4.78 is 0. The minimum Gasteiger partial charge on any atom is -0.360 e. The second-order valence-corrected chi connectivity index (χ2v) is 4.48. The van der Waals surface area contributed by atoms with Crippen molar-refractivity contribution in [1.82, 2.24) is 5.32 Å². The van der Waals surface area contributed by atoms with Crippen LogP contribution in [0.3, 0.4) is 0 Å². The molecule has 0 aliphatic carbocycles. The standard InChI is InChI=1S/C13H17N3O2/c1-9(17)10-2-4-12(5-3-10)16-7-11(6-14)15-13(18)8-16/h2-5,11H,6-8,14H2,1H3,(H,15,18). The van der Waals surface area contributed by atoms with Gasteiger partial charge in [0, 0.05) is 24.3 Å². The number of rotatable bonds is 3. The van der Waals surface area contributed by atoms with Crippen molar-refractivity contribution in [2.45, 2.75) is 13.0 Å². The van der Waals surface area contributed by atoms with E-state index in [1.165, 1.54) is 6.92 Å². The van der Waals surface area contributed by atoms with Crippen LogP contribution in [0.15, 0.2) is 24.3 Å². The topological polar surface area (TPSA) is 75.4 Å². The van der Waals surface area contributed by atoms with Crippen molar-refractivity contribution in [3.05, 3.63) is 29.8 Å². The van der Waals surface area contributed by atoms with Crippen LogP contribution in [0.1, 0.15) is 17.3 Å². The average Bonchev–Trinajstić information content (AvgIpc) is 2.38. The van der Waals surface area contributed by atoms with E-state index in [4.69, 9.17) is 5.73 Å². The van der Waals surface area contributed by atoms with E-state index in [1.54, 1.807) is 12.1 Å². The molecule has 18 heavy (non-hydrogen) atoms. The first-order valence-electron chi connectivity index (χ1n) is 5.95. The van der Waals surface area contributed by atoms with Crippen LogP contribution in [0.5, 0.6) is 0 Å². The molecule has 1 aliphatic rings. The summed E-state index contributed by atoms with van der Waals surface area (Å²) in [7, 11) is 0. The Morgan fingerprint density at radius 3 is 2.67 bits per heavy atom. The lowest BCUT2D eigenvalue weighted by atomic mass is 10.1. The van der Waals surface area contributed by atoms with E-state index in [0.717, 1.165) is 5.69 Å². The molecule has 96 valence electrons. The van der Waals surface area contributed by atoms with E-state index >= 15 is 0 Å². The Kier molecular flexibility index (Phi) is 3.62. The summed E-state index contributed by atoms with van der Waals surface area (Å²) >= 11 is 0. The fourth-order valence-corrected chi connectivity index (χ4v) is 2.06. The van der Waals surface area contributed by atoms with E-state index < -0.39 is 0 Å². The number of carbonyl (C=O) groups is 2. The summed E-state index contributed by atoms with van der Waals surface area (Å²) in [6.07, 6.45) is 0. The molecule has 1 heterocycles. The van der Waals surface area contributed by atoms with Crippen LogP contribution in [0.2, 0.25) is 0 Å². The van der Waals surface area contributed by atoms with Crippen molar-refractivity contribution in [3.8, 4) is 0 Å². The van der Waals surface area contributed by atoms with Crippen LogP contribution in [0.4, 0.5) is 5.69 Å². The molecule has 0 radical (unpaired) electrons. The number of piperazine rings is 1. The Balaban J connectivity index is 2.15. The van der Waals surface area contributed by atoms with Gasteiger partial charge in [-0.1, -0.05) is 0 Å². The third-order valence-electron chi connectivity index (χ3n) is 3.06. The van der Waals surface area contributed by atoms with Crippen LogP contribution >= 0.6 is 0 Å². The summed E-state index contributed by atoms with van der Waals surface area (Å²) in [6, 6.07) is 7.27.